The summed E-state index contributed by atoms with van der Waals surface area (Å²) in [5, 5.41) is 11.9. The molecule has 0 aliphatic heterocycles. The Labute approximate surface area is 88.1 Å². The molecule has 0 bridgehead atoms. The molecule has 16 heavy (non-hydrogen) atoms. The summed E-state index contributed by atoms with van der Waals surface area (Å²) in [4.78, 5) is 10.5. The number of rotatable bonds is 2. The molecule has 1 heterocycles. The van der Waals surface area contributed by atoms with Crippen molar-refractivity contribution < 1.29 is 23.2 Å². The number of halogens is 2. The summed E-state index contributed by atoms with van der Waals surface area (Å²) in [5.74, 6) is -3.48. The summed E-state index contributed by atoms with van der Waals surface area (Å²) in [7, 11) is 0. The van der Waals surface area contributed by atoms with Crippen LogP contribution in [0.3, 0.4) is 0 Å². The Balaban J connectivity index is 2.54. The molecule has 0 fully saturated rings. The Morgan fingerprint density at radius 1 is 1.31 bits per heavy atom. The van der Waals surface area contributed by atoms with Gasteiger partial charge in [0, 0.05) is 6.07 Å². The van der Waals surface area contributed by atoms with Gasteiger partial charge in [-0.3, -0.25) is 0 Å². The summed E-state index contributed by atoms with van der Waals surface area (Å²) in [6.45, 7) is 0. The molecule has 0 saturated heterocycles. The molecule has 0 aliphatic carbocycles. The van der Waals surface area contributed by atoms with E-state index in [1.54, 1.807) is 0 Å². The van der Waals surface area contributed by atoms with Gasteiger partial charge in [-0.25, -0.2) is 13.6 Å². The molecule has 2 rings (SSSR count). The molecule has 1 aromatic heterocycles. The maximum atomic E-state index is 13.3. The van der Waals surface area contributed by atoms with Gasteiger partial charge in [0.2, 0.25) is 5.76 Å². The maximum Gasteiger partial charge on any atom is 0.374 e. The van der Waals surface area contributed by atoms with Crippen LogP contribution in [0.4, 0.5) is 8.78 Å². The van der Waals surface area contributed by atoms with E-state index in [1.807, 2.05) is 0 Å². The SMILES string of the molecule is O=C(O)c1cc(-c2c(F)cccc2F)no1. The van der Waals surface area contributed by atoms with E-state index in [2.05, 4.69) is 9.68 Å². The predicted molar refractivity (Wildman–Crippen MR) is 48.8 cm³/mol. The molecular formula is C10H5F2NO3. The van der Waals surface area contributed by atoms with E-state index in [4.69, 9.17) is 5.11 Å². The monoisotopic (exact) mass is 225 g/mol. The van der Waals surface area contributed by atoms with E-state index < -0.39 is 28.9 Å². The van der Waals surface area contributed by atoms with Crippen LogP contribution < -0.4 is 0 Å². The zero-order chi connectivity index (χ0) is 11.7. The highest BCUT2D eigenvalue weighted by Gasteiger charge is 2.18. The van der Waals surface area contributed by atoms with Crippen LogP contribution >= 0.6 is 0 Å². The summed E-state index contributed by atoms with van der Waals surface area (Å²) in [6, 6.07) is 4.26. The number of aromatic carboxylic acids is 1. The minimum Gasteiger partial charge on any atom is -0.475 e. The normalized spacial score (nSPS) is 10.4. The van der Waals surface area contributed by atoms with Crippen molar-refractivity contribution in [2.75, 3.05) is 0 Å². The van der Waals surface area contributed by atoms with Crippen molar-refractivity contribution >= 4 is 5.97 Å². The smallest absolute Gasteiger partial charge is 0.374 e. The van der Waals surface area contributed by atoms with Gasteiger partial charge in [0.15, 0.2) is 0 Å². The zero-order valence-corrected chi connectivity index (χ0v) is 7.78. The summed E-state index contributed by atoms with van der Waals surface area (Å²) < 4.78 is 31.0. The highest BCUT2D eigenvalue weighted by Crippen LogP contribution is 2.25. The van der Waals surface area contributed by atoms with Crippen molar-refractivity contribution in [2.45, 2.75) is 0 Å². The van der Waals surface area contributed by atoms with Crippen molar-refractivity contribution in [1.29, 1.82) is 0 Å². The second-order valence-electron chi connectivity index (χ2n) is 2.98. The van der Waals surface area contributed by atoms with Crippen LogP contribution in [0.15, 0.2) is 28.8 Å². The standard InChI is InChI=1S/C10H5F2NO3/c11-5-2-1-3-6(12)9(5)7-4-8(10(14)15)16-13-7/h1-4H,(H,14,15). The van der Waals surface area contributed by atoms with E-state index in [0.717, 1.165) is 18.2 Å². The van der Waals surface area contributed by atoms with Gasteiger partial charge in [-0.05, 0) is 12.1 Å². The lowest BCUT2D eigenvalue weighted by Crippen LogP contribution is -1.92. The lowest BCUT2D eigenvalue weighted by molar-refractivity contribution is 0.0652. The average Bonchev–Trinajstić information content (AvgIpc) is 2.66. The first-order valence-corrected chi connectivity index (χ1v) is 4.24. The Hall–Kier alpha value is -2.24. The van der Waals surface area contributed by atoms with Gasteiger partial charge < -0.3 is 9.63 Å². The molecule has 0 spiro atoms. The molecule has 0 unspecified atom stereocenters. The van der Waals surface area contributed by atoms with Crippen LogP contribution in [-0.4, -0.2) is 16.2 Å². The highest BCUT2D eigenvalue weighted by atomic mass is 19.1. The fourth-order valence-electron chi connectivity index (χ4n) is 1.24. The van der Waals surface area contributed by atoms with E-state index in [1.165, 1.54) is 6.07 Å². The number of carbonyl (C=O) groups is 1. The second-order valence-corrected chi connectivity index (χ2v) is 2.98. The molecule has 0 aliphatic rings. The summed E-state index contributed by atoms with van der Waals surface area (Å²) in [5.41, 5.74) is -0.591. The summed E-state index contributed by atoms with van der Waals surface area (Å²) in [6.07, 6.45) is 0. The van der Waals surface area contributed by atoms with Gasteiger partial charge >= 0.3 is 5.97 Å². The van der Waals surface area contributed by atoms with E-state index in [9.17, 15) is 13.6 Å². The molecule has 0 atom stereocenters. The topological polar surface area (TPSA) is 63.3 Å². The van der Waals surface area contributed by atoms with Gasteiger partial charge in [0.25, 0.3) is 0 Å². The maximum absolute atomic E-state index is 13.3. The van der Waals surface area contributed by atoms with Crippen molar-refractivity contribution in [1.82, 2.24) is 5.16 Å². The van der Waals surface area contributed by atoms with Crippen molar-refractivity contribution in [3.05, 3.63) is 41.7 Å². The summed E-state index contributed by atoms with van der Waals surface area (Å²) >= 11 is 0. The van der Waals surface area contributed by atoms with Crippen LogP contribution in [0.1, 0.15) is 10.6 Å². The van der Waals surface area contributed by atoms with Gasteiger partial charge in [-0.15, -0.1) is 0 Å². The van der Waals surface area contributed by atoms with E-state index in [0.29, 0.717) is 0 Å². The molecule has 1 aromatic carbocycles. The zero-order valence-electron chi connectivity index (χ0n) is 7.78. The molecule has 4 nitrogen and oxygen atoms in total. The fourth-order valence-corrected chi connectivity index (χ4v) is 1.24. The van der Waals surface area contributed by atoms with Crippen LogP contribution in [0, 0.1) is 11.6 Å². The first-order chi connectivity index (χ1) is 7.59. The number of hydrogen-bond donors (Lipinski definition) is 1. The number of carboxylic acid groups (broad SMARTS) is 1. The van der Waals surface area contributed by atoms with Crippen molar-refractivity contribution in [2.24, 2.45) is 0 Å². The van der Waals surface area contributed by atoms with Gasteiger partial charge in [0.1, 0.15) is 17.3 Å². The molecule has 0 amide bonds. The fraction of sp³-hybridized carbons (Fsp3) is 0. The van der Waals surface area contributed by atoms with Crippen molar-refractivity contribution in [3.63, 3.8) is 0 Å². The molecule has 0 radical (unpaired) electrons. The average molecular weight is 225 g/mol. The second kappa shape index (κ2) is 3.73. The molecular weight excluding hydrogens is 220 g/mol. The largest absolute Gasteiger partial charge is 0.475 e. The van der Waals surface area contributed by atoms with Crippen LogP contribution in [-0.2, 0) is 0 Å². The lowest BCUT2D eigenvalue weighted by atomic mass is 10.1. The van der Waals surface area contributed by atoms with E-state index in [-0.39, 0.29) is 5.69 Å². The van der Waals surface area contributed by atoms with Gasteiger partial charge in [0.05, 0.1) is 5.56 Å². The third-order valence-electron chi connectivity index (χ3n) is 1.94. The molecule has 6 heteroatoms. The molecule has 0 saturated carbocycles. The molecule has 1 N–H and O–H groups in total. The first kappa shape index (κ1) is 10.3. The Kier molecular flexibility index (Phi) is 2.40. The Morgan fingerprint density at radius 2 is 1.94 bits per heavy atom. The highest BCUT2D eigenvalue weighted by molar-refractivity contribution is 5.85. The van der Waals surface area contributed by atoms with Crippen LogP contribution in [0.25, 0.3) is 11.3 Å². The number of aromatic nitrogens is 1. The van der Waals surface area contributed by atoms with Crippen LogP contribution in [0.2, 0.25) is 0 Å². The quantitative estimate of drug-likeness (QED) is 0.851. The Morgan fingerprint density at radius 3 is 2.44 bits per heavy atom. The van der Waals surface area contributed by atoms with E-state index >= 15 is 0 Å². The van der Waals surface area contributed by atoms with Gasteiger partial charge in [-0.1, -0.05) is 11.2 Å². The van der Waals surface area contributed by atoms with Crippen molar-refractivity contribution in [3.8, 4) is 11.3 Å². The first-order valence-electron chi connectivity index (χ1n) is 4.24. The Bertz CT molecular complexity index is 530. The number of hydrogen-bond acceptors (Lipinski definition) is 3. The van der Waals surface area contributed by atoms with Gasteiger partial charge in [-0.2, -0.15) is 0 Å². The predicted octanol–water partition coefficient (Wildman–Crippen LogP) is 2.32. The third-order valence-corrected chi connectivity index (χ3v) is 1.94. The minimum absolute atomic E-state index is 0.187. The number of nitrogens with zero attached hydrogens (tertiary/aromatic N) is 1. The van der Waals surface area contributed by atoms with Crippen LogP contribution in [0.5, 0.6) is 0 Å². The minimum atomic E-state index is -1.35. The number of benzene rings is 1. The number of carboxylic acids is 1. The molecule has 2 aromatic rings. The lowest BCUT2D eigenvalue weighted by Gasteiger charge is -1.98. The molecule has 82 valence electrons. The third kappa shape index (κ3) is 1.65.